The van der Waals surface area contributed by atoms with E-state index in [1.165, 1.54) is 0 Å². The van der Waals surface area contributed by atoms with Gasteiger partial charge in [-0.1, -0.05) is 18.2 Å². The van der Waals surface area contributed by atoms with Crippen LogP contribution in [0.5, 0.6) is 0 Å². The molecule has 0 spiro atoms. The van der Waals surface area contributed by atoms with Crippen molar-refractivity contribution in [3.8, 4) is 0 Å². The predicted octanol–water partition coefficient (Wildman–Crippen LogP) is 1.86. The Morgan fingerprint density at radius 1 is 1.44 bits per heavy atom. The number of rotatable bonds is 3. The first-order chi connectivity index (χ1) is 8.50. The van der Waals surface area contributed by atoms with Crippen molar-refractivity contribution >= 4 is 16.8 Å². The third-order valence-corrected chi connectivity index (χ3v) is 3.04. The lowest BCUT2D eigenvalue weighted by atomic mass is 10.1. The standard InChI is InChI=1S/C14H19N3O/c1-8-5-4-6-11-12(10(3)17-13(8)11)14(18)16-7-9(2)15/h4-6,9,17H,7,15H2,1-3H3,(H,16,18). The summed E-state index contributed by atoms with van der Waals surface area (Å²) in [6, 6.07) is 5.92. The van der Waals surface area contributed by atoms with Crippen LogP contribution in [0.15, 0.2) is 18.2 Å². The number of nitrogens with two attached hydrogens (primary N) is 1. The fourth-order valence-electron chi connectivity index (χ4n) is 2.13. The van der Waals surface area contributed by atoms with Gasteiger partial charge in [-0.3, -0.25) is 4.79 Å². The number of hydrogen-bond donors (Lipinski definition) is 3. The van der Waals surface area contributed by atoms with Gasteiger partial charge in [-0.15, -0.1) is 0 Å². The normalized spacial score (nSPS) is 12.7. The number of carbonyl (C=O) groups is 1. The Labute approximate surface area is 107 Å². The molecule has 1 amide bonds. The highest BCUT2D eigenvalue weighted by Gasteiger charge is 2.16. The first kappa shape index (κ1) is 12.6. The number of benzene rings is 1. The third-order valence-electron chi connectivity index (χ3n) is 3.04. The number of nitrogens with one attached hydrogen (secondary N) is 2. The minimum absolute atomic E-state index is 0.0406. The summed E-state index contributed by atoms with van der Waals surface area (Å²) in [5.74, 6) is -0.0679. The first-order valence-electron chi connectivity index (χ1n) is 6.12. The maximum Gasteiger partial charge on any atom is 0.253 e. The highest BCUT2D eigenvalue weighted by atomic mass is 16.1. The number of aromatic nitrogens is 1. The Morgan fingerprint density at radius 2 is 2.17 bits per heavy atom. The Kier molecular flexibility index (Phi) is 3.39. The monoisotopic (exact) mass is 245 g/mol. The Morgan fingerprint density at radius 3 is 2.83 bits per heavy atom. The number of aryl methyl sites for hydroxylation is 2. The van der Waals surface area contributed by atoms with Crippen molar-refractivity contribution in [1.29, 1.82) is 0 Å². The summed E-state index contributed by atoms with van der Waals surface area (Å²) >= 11 is 0. The molecule has 0 fully saturated rings. The number of para-hydroxylation sites is 1. The average Bonchev–Trinajstić information content (AvgIpc) is 2.64. The molecule has 0 radical (unpaired) electrons. The fourth-order valence-corrected chi connectivity index (χ4v) is 2.13. The van der Waals surface area contributed by atoms with Gasteiger partial charge in [-0.05, 0) is 26.3 Å². The second-order valence-corrected chi connectivity index (χ2v) is 4.81. The van der Waals surface area contributed by atoms with Gasteiger partial charge < -0.3 is 16.0 Å². The van der Waals surface area contributed by atoms with E-state index in [1.807, 2.05) is 39.0 Å². The van der Waals surface area contributed by atoms with Gasteiger partial charge in [0.2, 0.25) is 0 Å². The molecule has 0 saturated heterocycles. The lowest BCUT2D eigenvalue weighted by molar-refractivity contribution is 0.0953. The number of carbonyl (C=O) groups excluding carboxylic acids is 1. The van der Waals surface area contributed by atoms with Gasteiger partial charge >= 0.3 is 0 Å². The summed E-state index contributed by atoms with van der Waals surface area (Å²) in [5, 5.41) is 3.82. The van der Waals surface area contributed by atoms with Gasteiger partial charge in [0, 0.05) is 29.2 Å². The maximum atomic E-state index is 12.2. The predicted molar refractivity (Wildman–Crippen MR) is 73.8 cm³/mol. The highest BCUT2D eigenvalue weighted by Crippen LogP contribution is 2.24. The molecule has 96 valence electrons. The molecule has 4 N–H and O–H groups in total. The second kappa shape index (κ2) is 4.82. The van der Waals surface area contributed by atoms with Crippen LogP contribution in [0.4, 0.5) is 0 Å². The van der Waals surface area contributed by atoms with Crippen LogP contribution < -0.4 is 11.1 Å². The first-order valence-corrected chi connectivity index (χ1v) is 6.12. The van der Waals surface area contributed by atoms with E-state index < -0.39 is 0 Å². The lowest BCUT2D eigenvalue weighted by Crippen LogP contribution is -2.35. The van der Waals surface area contributed by atoms with Crippen molar-refractivity contribution in [1.82, 2.24) is 10.3 Å². The van der Waals surface area contributed by atoms with Crippen LogP contribution in [0.25, 0.3) is 10.9 Å². The maximum absolute atomic E-state index is 12.2. The highest BCUT2D eigenvalue weighted by molar-refractivity contribution is 6.08. The van der Waals surface area contributed by atoms with E-state index in [-0.39, 0.29) is 11.9 Å². The van der Waals surface area contributed by atoms with Gasteiger partial charge in [0.25, 0.3) is 5.91 Å². The quantitative estimate of drug-likeness (QED) is 0.772. The molecule has 0 bridgehead atoms. The Bertz CT molecular complexity index is 584. The van der Waals surface area contributed by atoms with Gasteiger partial charge in [0.15, 0.2) is 0 Å². The molecular formula is C14H19N3O. The summed E-state index contributed by atoms with van der Waals surface area (Å²) in [6.07, 6.45) is 0. The van der Waals surface area contributed by atoms with Crippen LogP contribution in [0.3, 0.4) is 0 Å². The number of fused-ring (bicyclic) bond motifs is 1. The molecule has 1 aromatic carbocycles. The summed E-state index contributed by atoms with van der Waals surface area (Å²) in [7, 11) is 0. The van der Waals surface area contributed by atoms with Crippen LogP contribution in [-0.2, 0) is 0 Å². The van der Waals surface area contributed by atoms with Crippen molar-refractivity contribution in [2.45, 2.75) is 26.8 Å². The SMILES string of the molecule is Cc1[nH]c2c(C)cccc2c1C(=O)NCC(C)N. The van der Waals surface area contributed by atoms with Crippen LogP contribution in [-0.4, -0.2) is 23.5 Å². The Hall–Kier alpha value is -1.81. The van der Waals surface area contributed by atoms with E-state index in [0.717, 1.165) is 22.2 Å². The zero-order chi connectivity index (χ0) is 13.3. The largest absolute Gasteiger partial charge is 0.358 e. The molecule has 0 saturated carbocycles. The molecule has 1 heterocycles. The summed E-state index contributed by atoms with van der Waals surface area (Å²) in [6.45, 7) is 6.30. The molecule has 0 aliphatic carbocycles. The van der Waals surface area contributed by atoms with Crippen molar-refractivity contribution < 1.29 is 4.79 Å². The zero-order valence-electron chi connectivity index (χ0n) is 11.0. The van der Waals surface area contributed by atoms with Crippen molar-refractivity contribution in [2.24, 2.45) is 5.73 Å². The minimum atomic E-state index is -0.0679. The molecule has 4 nitrogen and oxygen atoms in total. The van der Waals surface area contributed by atoms with Crippen molar-refractivity contribution in [2.75, 3.05) is 6.54 Å². The molecule has 1 atom stereocenters. The molecule has 2 aromatic rings. The molecule has 2 rings (SSSR count). The minimum Gasteiger partial charge on any atom is -0.358 e. The van der Waals surface area contributed by atoms with Crippen LogP contribution in [0.1, 0.15) is 28.5 Å². The lowest BCUT2D eigenvalue weighted by Gasteiger charge is -2.07. The number of amides is 1. The molecule has 1 aromatic heterocycles. The number of H-pyrrole nitrogens is 1. The molecular weight excluding hydrogens is 226 g/mol. The van der Waals surface area contributed by atoms with E-state index in [9.17, 15) is 4.79 Å². The van der Waals surface area contributed by atoms with Gasteiger partial charge in [-0.25, -0.2) is 0 Å². The van der Waals surface area contributed by atoms with E-state index in [4.69, 9.17) is 5.73 Å². The van der Waals surface area contributed by atoms with Crippen molar-refractivity contribution in [3.05, 3.63) is 35.0 Å². The molecule has 1 unspecified atom stereocenters. The molecule has 0 aliphatic rings. The van der Waals surface area contributed by atoms with Gasteiger partial charge in [-0.2, -0.15) is 0 Å². The van der Waals surface area contributed by atoms with Crippen LogP contribution >= 0.6 is 0 Å². The second-order valence-electron chi connectivity index (χ2n) is 4.81. The number of hydrogen-bond acceptors (Lipinski definition) is 2. The fraction of sp³-hybridized carbons (Fsp3) is 0.357. The van der Waals surface area contributed by atoms with E-state index >= 15 is 0 Å². The van der Waals surface area contributed by atoms with E-state index in [0.29, 0.717) is 12.1 Å². The molecule has 18 heavy (non-hydrogen) atoms. The average molecular weight is 245 g/mol. The van der Waals surface area contributed by atoms with E-state index in [1.54, 1.807) is 0 Å². The third kappa shape index (κ3) is 2.24. The number of aromatic amines is 1. The topological polar surface area (TPSA) is 70.9 Å². The summed E-state index contributed by atoms with van der Waals surface area (Å²) in [5.41, 5.74) is 9.42. The van der Waals surface area contributed by atoms with Gasteiger partial charge in [0.05, 0.1) is 5.56 Å². The van der Waals surface area contributed by atoms with Crippen LogP contribution in [0.2, 0.25) is 0 Å². The van der Waals surface area contributed by atoms with E-state index in [2.05, 4.69) is 10.3 Å². The van der Waals surface area contributed by atoms with Crippen LogP contribution in [0, 0.1) is 13.8 Å². The smallest absolute Gasteiger partial charge is 0.253 e. The Balaban J connectivity index is 2.41. The van der Waals surface area contributed by atoms with Crippen molar-refractivity contribution in [3.63, 3.8) is 0 Å². The summed E-state index contributed by atoms with van der Waals surface area (Å²) < 4.78 is 0. The van der Waals surface area contributed by atoms with Gasteiger partial charge in [0.1, 0.15) is 0 Å². The summed E-state index contributed by atoms with van der Waals surface area (Å²) in [4.78, 5) is 15.4. The molecule has 0 aliphatic heterocycles. The zero-order valence-corrected chi connectivity index (χ0v) is 11.0. The molecule has 4 heteroatoms.